The van der Waals surface area contributed by atoms with Gasteiger partial charge in [0.2, 0.25) is 5.91 Å². The zero-order valence-corrected chi connectivity index (χ0v) is 13.7. The summed E-state index contributed by atoms with van der Waals surface area (Å²) in [5, 5.41) is 20.7. The van der Waals surface area contributed by atoms with Crippen molar-refractivity contribution in [3.8, 4) is 6.07 Å². The first-order chi connectivity index (χ1) is 12.0. The van der Waals surface area contributed by atoms with Crippen LogP contribution in [0.25, 0.3) is 0 Å². The fourth-order valence-corrected chi connectivity index (χ4v) is 2.42. The summed E-state index contributed by atoms with van der Waals surface area (Å²) in [6.07, 6.45) is 1.80. The molecular weight excluding hydrogens is 324 g/mol. The van der Waals surface area contributed by atoms with Gasteiger partial charge in [-0.3, -0.25) is 14.2 Å². The van der Waals surface area contributed by atoms with Crippen molar-refractivity contribution >= 4 is 11.6 Å². The number of nitriles is 1. The molecule has 2 rings (SSSR count). The largest absolute Gasteiger partial charge is 0.395 e. The summed E-state index contributed by atoms with van der Waals surface area (Å²) in [6, 6.07) is 8.91. The van der Waals surface area contributed by atoms with Crippen LogP contribution in [0.1, 0.15) is 18.1 Å². The standard InChI is InChI=1S/C17H18N4O4/c1-2-12-5-3-4-6-14(12)19-15(23)11-21-16(24)13(9-18)10-20(7-8-22)17(21)25/h3-6,10,22H,2,7-8,11H2,1H3,(H,19,23). The molecule has 0 aliphatic rings. The second-order valence-corrected chi connectivity index (χ2v) is 5.30. The van der Waals surface area contributed by atoms with E-state index >= 15 is 0 Å². The number of hydrogen-bond acceptors (Lipinski definition) is 5. The number of aliphatic hydroxyl groups is 1. The van der Waals surface area contributed by atoms with Gasteiger partial charge in [0.15, 0.2) is 0 Å². The monoisotopic (exact) mass is 342 g/mol. The zero-order valence-electron chi connectivity index (χ0n) is 13.7. The Balaban J connectivity index is 2.35. The molecule has 1 heterocycles. The van der Waals surface area contributed by atoms with E-state index in [1.54, 1.807) is 18.2 Å². The first kappa shape index (κ1) is 18.2. The minimum absolute atomic E-state index is 0.0753. The number of amides is 1. The molecular formula is C17H18N4O4. The summed E-state index contributed by atoms with van der Waals surface area (Å²) in [4.78, 5) is 36.7. The Morgan fingerprint density at radius 3 is 2.68 bits per heavy atom. The Hall–Kier alpha value is -3.18. The number of aliphatic hydroxyl groups excluding tert-OH is 1. The van der Waals surface area contributed by atoms with E-state index in [0.717, 1.165) is 16.3 Å². The van der Waals surface area contributed by atoms with Gasteiger partial charge in [-0.1, -0.05) is 25.1 Å². The van der Waals surface area contributed by atoms with Crippen molar-refractivity contribution in [3.63, 3.8) is 0 Å². The molecule has 0 fully saturated rings. The van der Waals surface area contributed by atoms with Crippen molar-refractivity contribution in [3.05, 3.63) is 62.4 Å². The lowest BCUT2D eigenvalue weighted by Gasteiger charge is -2.12. The number of para-hydroxylation sites is 1. The number of rotatable bonds is 6. The minimum atomic E-state index is -0.833. The van der Waals surface area contributed by atoms with Gasteiger partial charge in [-0.15, -0.1) is 0 Å². The number of nitrogens with one attached hydrogen (secondary N) is 1. The predicted molar refractivity (Wildman–Crippen MR) is 91.2 cm³/mol. The number of benzene rings is 1. The maximum atomic E-state index is 12.3. The quantitative estimate of drug-likeness (QED) is 0.771. The molecule has 1 aromatic heterocycles. The van der Waals surface area contributed by atoms with E-state index in [1.165, 1.54) is 0 Å². The molecule has 25 heavy (non-hydrogen) atoms. The summed E-state index contributed by atoms with van der Waals surface area (Å²) in [5.41, 5.74) is -0.325. The zero-order chi connectivity index (χ0) is 18.4. The van der Waals surface area contributed by atoms with Crippen LogP contribution in [0.3, 0.4) is 0 Å². The number of aromatic nitrogens is 2. The molecule has 0 saturated carbocycles. The molecule has 8 heteroatoms. The third-order valence-electron chi connectivity index (χ3n) is 3.67. The highest BCUT2D eigenvalue weighted by molar-refractivity contribution is 5.91. The molecule has 0 bridgehead atoms. The van der Waals surface area contributed by atoms with Crippen LogP contribution >= 0.6 is 0 Å². The third kappa shape index (κ3) is 4.02. The molecule has 0 unspecified atom stereocenters. The highest BCUT2D eigenvalue weighted by Gasteiger charge is 2.15. The van der Waals surface area contributed by atoms with Crippen molar-refractivity contribution in [2.24, 2.45) is 0 Å². The molecule has 8 nitrogen and oxygen atoms in total. The van der Waals surface area contributed by atoms with Crippen LogP contribution in [0.4, 0.5) is 5.69 Å². The molecule has 2 aromatic rings. The highest BCUT2D eigenvalue weighted by atomic mass is 16.3. The van der Waals surface area contributed by atoms with Crippen molar-refractivity contribution in [1.82, 2.24) is 9.13 Å². The van der Waals surface area contributed by atoms with Gasteiger partial charge < -0.3 is 10.4 Å². The smallest absolute Gasteiger partial charge is 0.331 e. The topological polar surface area (TPSA) is 117 Å². The van der Waals surface area contributed by atoms with Gasteiger partial charge in [-0.05, 0) is 18.1 Å². The van der Waals surface area contributed by atoms with Gasteiger partial charge in [0, 0.05) is 11.9 Å². The summed E-state index contributed by atoms with van der Waals surface area (Å²) in [5.74, 6) is -0.550. The van der Waals surface area contributed by atoms with E-state index in [4.69, 9.17) is 10.4 Å². The molecule has 0 atom stereocenters. The lowest BCUT2D eigenvalue weighted by Crippen LogP contribution is -2.43. The molecule has 2 N–H and O–H groups in total. The van der Waals surface area contributed by atoms with E-state index in [2.05, 4.69) is 5.32 Å². The van der Waals surface area contributed by atoms with Crippen molar-refractivity contribution in [2.45, 2.75) is 26.4 Å². The lowest BCUT2D eigenvalue weighted by molar-refractivity contribution is -0.116. The van der Waals surface area contributed by atoms with Crippen molar-refractivity contribution in [2.75, 3.05) is 11.9 Å². The SMILES string of the molecule is CCc1ccccc1NC(=O)Cn1c(=O)c(C#N)cn(CCO)c1=O. The van der Waals surface area contributed by atoms with Gasteiger partial charge >= 0.3 is 5.69 Å². The van der Waals surface area contributed by atoms with Gasteiger partial charge in [0.1, 0.15) is 18.2 Å². The number of aryl methyl sites for hydroxylation is 1. The summed E-state index contributed by atoms with van der Waals surface area (Å²) in [7, 11) is 0. The molecule has 0 saturated heterocycles. The first-order valence-electron chi connectivity index (χ1n) is 7.74. The number of nitrogens with zero attached hydrogens (tertiary/aromatic N) is 3. The van der Waals surface area contributed by atoms with E-state index in [9.17, 15) is 14.4 Å². The summed E-state index contributed by atoms with van der Waals surface area (Å²) in [6.45, 7) is 1.02. The van der Waals surface area contributed by atoms with Crippen molar-refractivity contribution < 1.29 is 9.90 Å². The molecule has 0 aliphatic heterocycles. The van der Waals surface area contributed by atoms with Crippen LogP contribution in [-0.2, 0) is 24.3 Å². The second-order valence-electron chi connectivity index (χ2n) is 5.30. The molecule has 1 amide bonds. The average Bonchev–Trinajstić information content (AvgIpc) is 2.61. The van der Waals surface area contributed by atoms with E-state index in [0.29, 0.717) is 16.7 Å². The average molecular weight is 342 g/mol. The number of hydrogen-bond donors (Lipinski definition) is 2. The molecule has 0 spiro atoms. The Kier molecular flexibility index (Phi) is 5.87. The lowest BCUT2D eigenvalue weighted by atomic mass is 10.1. The third-order valence-corrected chi connectivity index (χ3v) is 3.67. The maximum absolute atomic E-state index is 12.3. The van der Waals surface area contributed by atoms with Crippen LogP contribution in [0.15, 0.2) is 40.1 Å². The van der Waals surface area contributed by atoms with Crippen LogP contribution in [0, 0.1) is 11.3 Å². The Bertz CT molecular complexity index is 937. The highest BCUT2D eigenvalue weighted by Crippen LogP contribution is 2.15. The van der Waals surface area contributed by atoms with E-state index < -0.39 is 23.7 Å². The Morgan fingerprint density at radius 2 is 2.04 bits per heavy atom. The van der Waals surface area contributed by atoms with Gasteiger partial charge in [0.25, 0.3) is 5.56 Å². The van der Waals surface area contributed by atoms with Gasteiger partial charge in [-0.25, -0.2) is 9.36 Å². The fraction of sp³-hybridized carbons (Fsp3) is 0.294. The molecule has 0 radical (unpaired) electrons. The van der Waals surface area contributed by atoms with Crippen LogP contribution < -0.4 is 16.6 Å². The maximum Gasteiger partial charge on any atom is 0.331 e. The number of carbonyl (C=O) groups excluding carboxylic acids is 1. The Morgan fingerprint density at radius 1 is 1.32 bits per heavy atom. The van der Waals surface area contributed by atoms with Crippen LogP contribution in [0.2, 0.25) is 0 Å². The summed E-state index contributed by atoms with van der Waals surface area (Å²) >= 11 is 0. The van der Waals surface area contributed by atoms with Crippen LogP contribution in [0.5, 0.6) is 0 Å². The van der Waals surface area contributed by atoms with Gasteiger partial charge in [-0.2, -0.15) is 5.26 Å². The fourth-order valence-electron chi connectivity index (χ4n) is 2.42. The summed E-state index contributed by atoms with van der Waals surface area (Å²) < 4.78 is 1.73. The molecule has 130 valence electrons. The van der Waals surface area contributed by atoms with E-state index in [1.807, 2.05) is 19.1 Å². The number of carbonyl (C=O) groups is 1. The predicted octanol–water partition coefficient (Wildman–Crippen LogP) is 0.0751. The minimum Gasteiger partial charge on any atom is -0.395 e. The second kappa shape index (κ2) is 8.08. The molecule has 0 aliphatic carbocycles. The first-order valence-corrected chi connectivity index (χ1v) is 7.74. The van der Waals surface area contributed by atoms with Gasteiger partial charge in [0.05, 0.1) is 13.2 Å². The number of anilines is 1. The van der Waals surface area contributed by atoms with Crippen LogP contribution in [-0.4, -0.2) is 26.8 Å². The van der Waals surface area contributed by atoms with Crippen molar-refractivity contribution in [1.29, 1.82) is 5.26 Å². The van der Waals surface area contributed by atoms with E-state index in [-0.39, 0.29) is 18.7 Å². The normalized spacial score (nSPS) is 10.3. The molecule has 1 aromatic carbocycles. The Labute approximate surface area is 143 Å².